The Morgan fingerprint density at radius 3 is 2.70 bits per heavy atom. The van der Waals surface area contributed by atoms with Crippen molar-refractivity contribution < 1.29 is 0 Å². The molecule has 0 unspecified atom stereocenters. The maximum absolute atomic E-state index is 6.04. The predicted octanol–water partition coefficient (Wildman–Crippen LogP) is 3.99. The normalized spacial score (nSPS) is 11.5. The summed E-state index contributed by atoms with van der Waals surface area (Å²) in [6.45, 7) is 6.02. The molecular formula is C17H18ClN5. The molecule has 1 aromatic carbocycles. The highest BCUT2D eigenvalue weighted by Crippen LogP contribution is 2.23. The monoisotopic (exact) mass is 327 g/mol. The van der Waals surface area contributed by atoms with Crippen LogP contribution in [0.25, 0.3) is 10.9 Å². The zero-order valence-corrected chi connectivity index (χ0v) is 14.3. The molecule has 3 aromatic rings. The maximum atomic E-state index is 6.04. The standard InChI is InChI=1S/C17H18ClN5/c1-10-7-17(20-16-6-5-13(18)8-14(10)16)21-19-9-15-11(2)22-23(4)12(15)3/h5-9H,1-4H3,(H,20,21)/b19-9+. The summed E-state index contributed by atoms with van der Waals surface area (Å²) in [5.41, 5.74) is 8.03. The molecule has 2 heterocycles. The Kier molecular flexibility index (Phi) is 4.05. The van der Waals surface area contributed by atoms with Crippen LogP contribution in [0.15, 0.2) is 29.4 Å². The molecule has 0 saturated heterocycles. The third-order valence-corrected chi connectivity index (χ3v) is 4.15. The van der Waals surface area contributed by atoms with E-state index in [4.69, 9.17) is 11.6 Å². The van der Waals surface area contributed by atoms with Crippen LogP contribution in [-0.2, 0) is 7.05 Å². The van der Waals surface area contributed by atoms with Crippen molar-refractivity contribution in [3.8, 4) is 0 Å². The van der Waals surface area contributed by atoms with Gasteiger partial charge in [0, 0.05) is 28.7 Å². The molecule has 0 spiro atoms. The van der Waals surface area contributed by atoms with E-state index in [1.54, 1.807) is 6.21 Å². The van der Waals surface area contributed by atoms with Crippen LogP contribution in [-0.4, -0.2) is 21.0 Å². The Hall–Kier alpha value is -2.40. The summed E-state index contributed by atoms with van der Waals surface area (Å²) < 4.78 is 1.85. The van der Waals surface area contributed by atoms with Gasteiger partial charge in [-0.2, -0.15) is 10.2 Å². The van der Waals surface area contributed by atoms with Crippen molar-refractivity contribution in [2.24, 2.45) is 12.1 Å². The first kappa shape index (κ1) is 15.5. The Balaban J connectivity index is 1.87. The average molecular weight is 328 g/mol. The highest BCUT2D eigenvalue weighted by molar-refractivity contribution is 6.31. The van der Waals surface area contributed by atoms with Crippen molar-refractivity contribution >= 4 is 34.5 Å². The minimum Gasteiger partial charge on any atom is -0.272 e. The van der Waals surface area contributed by atoms with Gasteiger partial charge in [0.1, 0.15) is 5.82 Å². The number of hydrogen-bond donors (Lipinski definition) is 1. The van der Waals surface area contributed by atoms with E-state index in [1.165, 1.54) is 0 Å². The molecule has 0 aliphatic heterocycles. The van der Waals surface area contributed by atoms with Crippen LogP contribution in [0, 0.1) is 20.8 Å². The molecule has 0 aliphatic rings. The molecule has 6 heteroatoms. The molecular weight excluding hydrogens is 310 g/mol. The lowest BCUT2D eigenvalue weighted by molar-refractivity contribution is 0.731. The summed E-state index contributed by atoms with van der Waals surface area (Å²) >= 11 is 6.04. The number of anilines is 1. The number of aromatic nitrogens is 3. The van der Waals surface area contributed by atoms with E-state index in [9.17, 15) is 0 Å². The highest BCUT2D eigenvalue weighted by atomic mass is 35.5. The van der Waals surface area contributed by atoms with Crippen molar-refractivity contribution in [3.63, 3.8) is 0 Å². The molecule has 0 fully saturated rings. The number of nitrogens with one attached hydrogen (secondary N) is 1. The van der Waals surface area contributed by atoms with Crippen LogP contribution in [0.5, 0.6) is 0 Å². The van der Waals surface area contributed by atoms with Crippen molar-refractivity contribution in [1.29, 1.82) is 0 Å². The molecule has 1 N–H and O–H groups in total. The molecule has 0 atom stereocenters. The van der Waals surface area contributed by atoms with Crippen molar-refractivity contribution in [2.75, 3.05) is 5.43 Å². The van der Waals surface area contributed by atoms with E-state index in [2.05, 4.69) is 20.6 Å². The van der Waals surface area contributed by atoms with E-state index >= 15 is 0 Å². The number of nitrogens with zero attached hydrogens (tertiary/aromatic N) is 4. The van der Waals surface area contributed by atoms with E-state index in [1.807, 2.05) is 56.8 Å². The molecule has 0 amide bonds. The third kappa shape index (κ3) is 3.05. The van der Waals surface area contributed by atoms with E-state index in [0.29, 0.717) is 10.8 Å². The van der Waals surface area contributed by atoms with E-state index < -0.39 is 0 Å². The fraction of sp³-hybridized carbons (Fsp3) is 0.235. The Morgan fingerprint density at radius 2 is 2.00 bits per heavy atom. The van der Waals surface area contributed by atoms with Gasteiger partial charge in [-0.25, -0.2) is 4.98 Å². The second-order valence-corrected chi connectivity index (χ2v) is 6.00. The SMILES string of the molecule is Cc1nn(C)c(C)c1/C=N/Nc1cc(C)c2cc(Cl)ccc2n1. The number of rotatable bonds is 3. The highest BCUT2D eigenvalue weighted by Gasteiger charge is 2.07. The number of pyridine rings is 1. The molecule has 0 saturated carbocycles. The number of hydrazone groups is 1. The zero-order chi connectivity index (χ0) is 16.6. The average Bonchev–Trinajstić information content (AvgIpc) is 2.74. The van der Waals surface area contributed by atoms with Crippen LogP contribution >= 0.6 is 11.6 Å². The quantitative estimate of drug-likeness (QED) is 0.584. The van der Waals surface area contributed by atoms with Gasteiger partial charge in [0.2, 0.25) is 0 Å². The van der Waals surface area contributed by atoms with Gasteiger partial charge >= 0.3 is 0 Å². The Labute approximate surface area is 140 Å². The first-order chi connectivity index (χ1) is 11.0. The van der Waals surface area contributed by atoms with Gasteiger partial charge in [-0.15, -0.1) is 0 Å². The smallest absolute Gasteiger partial charge is 0.147 e. The van der Waals surface area contributed by atoms with Crippen LogP contribution in [0.1, 0.15) is 22.5 Å². The molecule has 0 radical (unpaired) electrons. The summed E-state index contributed by atoms with van der Waals surface area (Å²) in [6.07, 6.45) is 1.78. The minimum atomic E-state index is 0.702. The topological polar surface area (TPSA) is 55.1 Å². The first-order valence-corrected chi connectivity index (χ1v) is 7.69. The maximum Gasteiger partial charge on any atom is 0.147 e. The van der Waals surface area contributed by atoms with Gasteiger partial charge in [-0.3, -0.25) is 10.1 Å². The molecule has 0 bridgehead atoms. The molecule has 0 aliphatic carbocycles. The largest absolute Gasteiger partial charge is 0.272 e. The second kappa shape index (κ2) is 6.01. The molecule has 2 aromatic heterocycles. The van der Waals surface area contributed by atoms with Crippen LogP contribution in [0.4, 0.5) is 5.82 Å². The summed E-state index contributed by atoms with van der Waals surface area (Å²) in [4.78, 5) is 4.55. The summed E-state index contributed by atoms with van der Waals surface area (Å²) in [5.74, 6) is 0.702. The van der Waals surface area contributed by atoms with Crippen molar-refractivity contribution in [2.45, 2.75) is 20.8 Å². The molecule has 118 valence electrons. The number of halogens is 1. The first-order valence-electron chi connectivity index (χ1n) is 7.32. The number of fused-ring (bicyclic) bond motifs is 1. The van der Waals surface area contributed by atoms with E-state index in [-0.39, 0.29) is 0 Å². The fourth-order valence-corrected chi connectivity index (χ4v) is 2.74. The van der Waals surface area contributed by atoms with Gasteiger partial charge in [0.25, 0.3) is 0 Å². The summed E-state index contributed by atoms with van der Waals surface area (Å²) in [5, 5.41) is 10.4. The van der Waals surface area contributed by atoms with Gasteiger partial charge < -0.3 is 0 Å². The van der Waals surface area contributed by atoms with Gasteiger partial charge in [-0.05, 0) is 50.6 Å². The van der Waals surface area contributed by atoms with Crippen molar-refractivity contribution in [3.05, 3.63) is 51.8 Å². The van der Waals surface area contributed by atoms with Crippen LogP contribution in [0.2, 0.25) is 5.02 Å². The number of hydrogen-bond acceptors (Lipinski definition) is 4. The molecule has 23 heavy (non-hydrogen) atoms. The lowest BCUT2D eigenvalue weighted by Gasteiger charge is -2.06. The van der Waals surface area contributed by atoms with Crippen LogP contribution in [0.3, 0.4) is 0 Å². The summed E-state index contributed by atoms with van der Waals surface area (Å²) in [6, 6.07) is 7.63. The second-order valence-electron chi connectivity index (χ2n) is 5.56. The Morgan fingerprint density at radius 1 is 1.22 bits per heavy atom. The number of aryl methyl sites for hydroxylation is 3. The van der Waals surface area contributed by atoms with Gasteiger partial charge in [0.05, 0.1) is 17.4 Å². The summed E-state index contributed by atoms with van der Waals surface area (Å²) in [7, 11) is 1.92. The van der Waals surface area contributed by atoms with Crippen LogP contribution < -0.4 is 5.43 Å². The number of benzene rings is 1. The molecule has 3 rings (SSSR count). The van der Waals surface area contributed by atoms with Crippen molar-refractivity contribution in [1.82, 2.24) is 14.8 Å². The third-order valence-electron chi connectivity index (χ3n) is 3.92. The van der Waals surface area contributed by atoms with Gasteiger partial charge in [-0.1, -0.05) is 11.6 Å². The fourth-order valence-electron chi connectivity index (χ4n) is 2.56. The lowest BCUT2D eigenvalue weighted by atomic mass is 10.1. The van der Waals surface area contributed by atoms with E-state index in [0.717, 1.165) is 33.4 Å². The minimum absolute atomic E-state index is 0.702. The van der Waals surface area contributed by atoms with Gasteiger partial charge in [0.15, 0.2) is 0 Å². The molecule has 5 nitrogen and oxygen atoms in total. The Bertz CT molecular complexity index is 911. The zero-order valence-electron chi connectivity index (χ0n) is 13.6. The lowest BCUT2D eigenvalue weighted by Crippen LogP contribution is -1.97. The predicted molar refractivity (Wildman–Crippen MR) is 95.4 cm³/mol.